The van der Waals surface area contributed by atoms with Gasteiger partial charge in [-0.05, 0) is 37.0 Å². The Morgan fingerprint density at radius 3 is 2.80 bits per heavy atom. The minimum absolute atomic E-state index is 0.113. The molecule has 134 valence electrons. The lowest BCUT2D eigenvalue weighted by Gasteiger charge is -2.26. The van der Waals surface area contributed by atoms with Crippen molar-refractivity contribution in [1.82, 2.24) is 21.1 Å². The molecule has 3 rings (SSSR count). The van der Waals surface area contributed by atoms with Crippen molar-refractivity contribution in [3.8, 4) is 0 Å². The van der Waals surface area contributed by atoms with E-state index in [9.17, 15) is 9.59 Å². The van der Waals surface area contributed by atoms with Crippen molar-refractivity contribution < 1.29 is 14.3 Å². The maximum absolute atomic E-state index is 12.9. The standard InChI is InChI=1S/C17H22N4O3S/c1-2-17(12-7-4-3-5-8-12)14(22)21(16(23)19-17)20-15(25)18-11-13-9-6-10-24-13/h3-5,7-8,13H,2,6,9-11H2,1H3,(H,19,23)(H2,18,20,25)/t13-,17-/m1/s1. The molecule has 0 bridgehead atoms. The summed E-state index contributed by atoms with van der Waals surface area (Å²) >= 11 is 5.21. The lowest BCUT2D eigenvalue weighted by atomic mass is 9.87. The number of hydrogen-bond donors (Lipinski definition) is 3. The molecule has 0 unspecified atom stereocenters. The molecule has 0 radical (unpaired) electrons. The van der Waals surface area contributed by atoms with Gasteiger partial charge in [-0.2, -0.15) is 5.01 Å². The maximum Gasteiger partial charge on any atom is 0.344 e. The molecule has 25 heavy (non-hydrogen) atoms. The van der Waals surface area contributed by atoms with E-state index in [1.165, 1.54) is 0 Å². The largest absolute Gasteiger partial charge is 0.376 e. The van der Waals surface area contributed by atoms with Crippen LogP contribution in [0.5, 0.6) is 0 Å². The van der Waals surface area contributed by atoms with Crippen LogP contribution >= 0.6 is 12.2 Å². The van der Waals surface area contributed by atoms with Crippen LogP contribution in [0.3, 0.4) is 0 Å². The number of imide groups is 1. The number of nitrogens with zero attached hydrogens (tertiary/aromatic N) is 1. The zero-order chi connectivity index (χ0) is 17.9. The molecule has 2 atom stereocenters. The van der Waals surface area contributed by atoms with E-state index in [4.69, 9.17) is 17.0 Å². The van der Waals surface area contributed by atoms with Gasteiger partial charge >= 0.3 is 6.03 Å². The van der Waals surface area contributed by atoms with Crippen molar-refractivity contribution in [2.24, 2.45) is 0 Å². The number of urea groups is 1. The Kier molecular flexibility index (Phi) is 5.19. The van der Waals surface area contributed by atoms with Crippen molar-refractivity contribution in [2.45, 2.75) is 37.8 Å². The normalized spacial score (nSPS) is 25.8. The number of benzene rings is 1. The molecule has 3 amide bonds. The van der Waals surface area contributed by atoms with E-state index in [0.29, 0.717) is 13.0 Å². The van der Waals surface area contributed by atoms with Crippen LogP contribution in [0.25, 0.3) is 0 Å². The highest BCUT2D eigenvalue weighted by Crippen LogP contribution is 2.31. The molecule has 7 nitrogen and oxygen atoms in total. The van der Waals surface area contributed by atoms with E-state index >= 15 is 0 Å². The first-order valence-electron chi connectivity index (χ1n) is 8.45. The smallest absolute Gasteiger partial charge is 0.344 e. The first kappa shape index (κ1) is 17.6. The topological polar surface area (TPSA) is 82.7 Å². The Bertz CT molecular complexity index is 663. The average Bonchev–Trinajstić information content (AvgIpc) is 3.23. The summed E-state index contributed by atoms with van der Waals surface area (Å²) in [4.78, 5) is 25.3. The molecule has 1 aromatic rings. The van der Waals surface area contributed by atoms with E-state index in [1.54, 1.807) is 0 Å². The SMILES string of the molecule is CC[C@]1(c2ccccc2)NC(=O)N(NC(=S)NC[C@H]2CCCO2)C1=O. The van der Waals surface area contributed by atoms with Gasteiger partial charge in [0.2, 0.25) is 0 Å². The maximum atomic E-state index is 12.9. The minimum atomic E-state index is -1.07. The van der Waals surface area contributed by atoms with E-state index in [0.717, 1.165) is 30.0 Å². The van der Waals surface area contributed by atoms with Gasteiger partial charge in [-0.15, -0.1) is 0 Å². The summed E-state index contributed by atoms with van der Waals surface area (Å²) in [5.74, 6) is -0.368. The second kappa shape index (κ2) is 7.37. The number of rotatable bonds is 5. The van der Waals surface area contributed by atoms with Gasteiger partial charge in [0.25, 0.3) is 5.91 Å². The molecule has 2 fully saturated rings. The molecular formula is C17H22N4O3S. The van der Waals surface area contributed by atoms with Crippen molar-refractivity contribution in [3.63, 3.8) is 0 Å². The van der Waals surface area contributed by atoms with Crippen LogP contribution in [0.15, 0.2) is 30.3 Å². The van der Waals surface area contributed by atoms with Gasteiger partial charge in [0.15, 0.2) is 5.11 Å². The highest BCUT2D eigenvalue weighted by Gasteiger charge is 2.51. The third-order valence-corrected chi connectivity index (χ3v) is 4.85. The van der Waals surface area contributed by atoms with E-state index in [1.807, 2.05) is 37.3 Å². The summed E-state index contributed by atoms with van der Waals surface area (Å²) in [6, 6.07) is 8.70. The van der Waals surface area contributed by atoms with Crippen LogP contribution in [0, 0.1) is 0 Å². The van der Waals surface area contributed by atoms with Crippen molar-refractivity contribution in [3.05, 3.63) is 35.9 Å². The fourth-order valence-corrected chi connectivity index (χ4v) is 3.37. The quantitative estimate of drug-likeness (QED) is 0.543. The fraction of sp³-hybridized carbons (Fsp3) is 0.471. The van der Waals surface area contributed by atoms with Gasteiger partial charge in [-0.1, -0.05) is 37.3 Å². The molecule has 0 aromatic heterocycles. The molecule has 0 aliphatic carbocycles. The number of carbonyl (C=O) groups is 2. The van der Waals surface area contributed by atoms with Crippen LogP contribution in [-0.4, -0.2) is 41.3 Å². The van der Waals surface area contributed by atoms with Crippen molar-refractivity contribution in [1.29, 1.82) is 0 Å². The van der Waals surface area contributed by atoms with Crippen LogP contribution in [0.1, 0.15) is 31.7 Å². The van der Waals surface area contributed by atoms with Gasteiger partial charge < -0.3 is 15.4 Å². The molecule has 8 heteroatoms. The Balaban J connectivity index is 1.67. The summed E-state index contributed by atoms with van der Waals surface area (Å²) in [7, 11) is 0. The van der Waals surface area contributed by atoms with E-state index < -0.39 is 11.6 Å². The molecule has 0 spiro atoms. The number of carbonyl (C=O) groups excluding carboxylic acids is 2. The van der Waals surface area contributed by atoms with E-state index in [2.05, 4.69) is 16.1 Å². The lowest BCUT2D eigenvalue weighted by molar-refractivity contribution is -0.133. The summed E-state index contributed by atoms with van der Waals surface area (Å²) in [6.07, 6.45) is 2.57. The van der Waals surface area contributed by atoms with Gasteiger partial charge in [0.05, 0.1) is 6.10 Å². The molecule has 3 N–H and O–H groups in total. The van der Waals surface area contributed by atoms with Crippen LogP contribution in [-0.2, 0) is 15.1 Å². The number of ether oxygens (including phenoxy) is 1. The van der Waals surface area contributed by atoms with Gasteiger partial charge in [-0.25, -0.2) is 4.79 Å². The monoisotopic (exact) mass is 362 g/mol. The Morgan fingerprint density at radius 2 is 2.16 bits per heavy atom. The Labute approximate surface area is 152 Å². The Hall–Kier alpha value is -2.19. The van der Waals surface area contributed by atoms with E-state index in [-0.39, 0.29) is 17.1 Å². The number of hydrogen-bond acceptors (Lipinski definition) is 4. The highest BCUT2D eigenvalue weighted by atomic mass is 32.1. The minimum Gasteiger partial charge on any atom is -0.376 e. The molecule has 2 aliphatic heterocycles. The molecular weight excluding hydrogens is 340 g/mol. The molecule has 1 aromatic carbocycles. The highest BCUT2D eigenvalue weighted by molar-refractivity contribution is 7.80. The van der Waals surface area contributed by atoms with Gasteiger partial charge in [0, 0.05) is 13.2 Å². The molecule has 2 heterocycles. The van der Waals surface area contributed by atoms with Crippen molar-refractivity contribution >= 4 is 29.3 Å². The lowest BCUT2D eigenvalue weighted by Crippen LogP contribution is -2.52. The summed E-state index contributed by atoms with van der Waals surface area (Å²) in [5, 5.41) is 6.96. The predicted octanol–water partition coefficient (Wildman–Crippen LogP) is 1.40. The number of hydrazine groups is 1. The first-order chi connectivity index (χ1) is 12.1. The summed E-state index contributed by atoms with van der Waals surface area (Å²) in [6.45, 7) is 3.17. The number of nitrogens with one attached hydrogen (secondary N) is 3. The number of thiocarbonyl (C=S) groups is 1. The third kappa shape index (κ3) is 3.45. The third-order valence-electron chi connectivity index (χ3n) is 4.62. The van der Waals surface area contributed by atoms with Crippen LogP contribution in [0.4, 0.5) is 4.79 Å². The average molecular weight is 362 g/mol. The zero-order valence-corrected chi connectivity index (χ0v) is 14.9. The first-order valence-corrected chi connectivity index (χ1v) is 8.86. The second-order valence-electron chi connectivity index (χ2n) is 6.15. The molecule has 0 saturated carbocycles. The number of amides is 3. The Morgan fingerprint density at radius 1 is 1.40 bits per heavy atom. The van der Waals surface area contributed by atoms with Crippen LogP contribution < -0.4 is 16.1 Å². The predicted molar refractivity (Wildman–Crippen MR) is 96.5 cm³/mol. The van der Waals surface area contributed by atoms with Crippen molar-refractivity contribution in [2.75, 3.05) is 13.2 Å². The van der Waals surface area contributed by atoms with Gasteiger partial charge in [0.1, 0.15) is 5.54 Å². The molecule has 2 saturated heterocycles. The fourth-order valence-electron chi connectivity index (χ4n) is 3.19. The summed E-state index contributed by atoms with van der Waals surface area (Å²) in [5.41, 5.74) is 2.37. The zero-order valence-electron chi connectivity index (χ0n) is 14.1. The second-order valence-corrected chi connectivity index (χ2v) is 6.56. The van der Waals surface area contributed by atoms with Gasteiger partial charge in [-0.3, -0.25) is 10.2 Å². The van der Waals surface area contributed by atoms with Crippen LogP contribution in [0.2, 0.25) is 0 Å². The molecule has 2 aliphatic rings. The summed E-state index contributed by atoms with van der Waals surface area (Å²) < 4.78 is 5.51.